The van der Waals surface area contributed by atoms with Gasteiger partial charge in [0.2, 0.25) is 0 Å². The highest BCUT2D eigenvalue weighted by atomic mass is 79.9. The maximum atomic E-state index is 14.5. The maximum Gasteiger partial charge on any atom is 0.140 e. The Morgan fingerprint density at radius 3 is 2.76 bits per heavy atom. The molecule has 1 aliphatic carbocycles. The molecule has 1 aromatic rings. The van der Waals surface area contributed by atoms with Crippen LogP contribution in [0.5, 0.6) is 0 Å². The third-order valence-corrected chi connectivity index (χ3v) is 5.63. The lowest BCUT2D eigenvalue weighted by atomic mass is 9.68. The molecule has 1 N–H and O–H groups in total. The number of benzene rings is 1. The van der Waals surface area contributed by atoms with Crippen LogP contribution >= 0.6 is 15.9 Å². The van der Waals surface area contributed by atoms with E-state index in [0.717, 1.165) is 25.1 Å². The van der Waals surface area contributed by atoms with Crippen molar-refractivity contribution in [3.8, 4) is 0 Å². The molecule has 0 radical (unpaired) electrons. The minimum atomic E-state index is -0.0617. The maximum absolute atomic E-state index is 14.5. The van der Waals surface area contributed by atoms with Gasteiger partial charge in [-0.15, -0.1) is 0 Å². The van der Waals surface area contributed by atoms with Crippen LogP contribution in [-0.4, -0.2) is 13.1 Å². The molecule has 0 aromatic heterocycles. The van der Waals surface area contributed by atoms with Crippen molar-refractivity contribution < 1.29 is 4.39 Å². The summed E-state index contributed by atoms with van der Waals surface area (Å²) in [7, 11) is 0. The molecule has 1 aliphatic rings. The molecule has 0 heterocycles. The summed E-state index contributed by atoms with van der Waals surface area (Å²) in [5.74, 6) is 2.22. The Morgan fingerprint density at radius 2 is 2.10 bits per heavy atom. The van der Waals surface area contributed by atoms with Crippen LogP contribution in [0.4, 0.5) is 4.39 Å². The van der Waals surface area contributed by atoms with E-state index in [1.807, 2.05) is 12.1 Å². The minimum Gasteiger partial charge on any atom is -0.317 e. The average molecular weight is 356 g/mol. The summed E-state index contributed by atoms with van der Waals surface area (Å²) in [6.07, 6.45) is 3.59. The van der Waals surface area contributed by atoms with Crippen molar-refractivity contribution in [2.24, 2.45) is 17.8 Å². The molecule has 1 fully saturated rings. The summed E-state index contributed by atoms with van der Waals surface area (Å²) in [5, 5.41) is 3.46. The van der Waals surface area contributed by atoms with Gasteiger partial charge in [-0.05, 0) is 83.6 Å². The topological polar surface area (TPSA) is 12.0 Å². The lowest BCUT2D eigenvalue weighted by Gasteiger charge is -2.38. The Hall–Kier alpha value is -0.410. The van der Waals surface area contributed by atoms with Crippen LogP contribution < -0.4 is 5.32 Å². The first-order valence-electron chi connectivity index (χ1n) is 8.19. The van der Waals surface area contributed by atoms with Gasteiger partial charge in [-0.1, -0.05) is 32.9 Å². The van der Waals surface area contributed by atoms with Crippen LogP contribution in [0.15, 0.2) is 22.7 Å². The predicted molar refractivity (Wildman–Crippen MR) is 91.1 cm³/mol. The Balaban J connectivity index is 2.25. The normalized spacial score (nSPS) is 26.3. The summed E-state index contributed by atoms with van der Waals surface area (Å²) >= 11 is 3.34. The van der Waals surface area contributed by atoms with Gasteiger partial charge in [-0.2, -0.15) is 0 Å². The zero-order chi connectivity index (χ0) is 15.4. The number of rotatable bonds is 5. The zero-order valence-corrected chi connectivity index (χ0v) is 14.9. The van der Waals surface area contributed by atoms with Gasteiger partial charge in [0.25, 0.3) is 0 Å². The molecule has 3 heteroatoms. The molecule has 2 rings (SSSR count). The van der Waals surface area contributed by atoms with Crippen molar-refractivity contribution in [1.29, 1.82) is 0 Å². The molecule has 0 spiro atoms. The van der Waals surface area contributed by atoms with Gasteiger partial charge in [-0.25, -0.2) is 4.39 Å². The highest BCUT2D eigenvalue weighted by molar-refractivity contribution is 9.10. The Bertz CT molecular complexity index is 461. The van der Waals surface area contributed by atoms with Crippen LogP contribution in [0.25, 0.3) is 0 Å². The third kappa shape index (κ3) is 4.07. The van der Waals surface area contributed by atoms with Crippen molar-refractivity contribution in [3.05, 3.63) is 34.1 Å². The van der Waals surface area contributed by atoms with Crippen LogP contribution in [0.1, 0.15) is 51.5 Å². The van der Waals surface area contributed by atoms with Crippen LogP contribution in [0.3, 0.4) is 0 Å². The van der Waals surface area contributed by atoms with Crippen molar-refractivity contribution in [3.63, 3.8) is 0 Å². The van der Waals surface area contributed by atoms with E-state index >= 15 is 0 Å². The number of hydrogen-bond acceptors (Lipinski definition) is 1. The monoisotopic (exact) mass is 355 g/mol. The van der Waals surface area contributed by atoms with Crippen LogP contribution in [0, 0.1) is 23.6 Å². The molecule has 0 amide bonds. The van der Waals surface area contributed by atoms with Gasteiger partial charge in [0.1, 0.15) is 5.82 Å². The highest BCUT2D eigenvalue weighted by Gasteiger charge is 2.34. The van der Waals surface area contributed by atoms with E-state index in [9.17, 15) is 4.39 Å². The fourth-order valence-electron chi connectivity index (χ4n) is 3.63. The molecule has 1 aromatic carbocycles. The average Bonchev–Trinajstić information content (AvgIpc) is 2.48. The zero-order valence-electron chi connectivity index (χ0n) is 13.3. The third-order valence-electron chi connectivity index (χ3n) is 5.01. The standard InChI is InChI=1S/C18H27BrFN/c1-4-21-11-14-9-8-13(12(2)3)10-16(14)15-6-5-7-17(19)18(15)20/h5-7,12-14,16,21H,4,8-11H2,1-3H3. The summed E-state index contributed by atoms with van der Waals surface area (Å²) in [4.78, 5) is 0. The second-order valence-electron chi connectivity index (χ2n) is 6.63. The molecule has 1 nitrogen and oxygen atoms in total. The SMILES string of the molecule is CCNCC1CCC(C(C)C)CC1c1cccc(Br)c1F. The molecule has 21 heavy (non-hydrogen) atoms. The van der Waals surface area contributed by atoms with E-state index in [2.05, 4.69) is 42.0 Å². The fourth-order valence-corrected chi connectivity index (χ4v) is 4.01. The van der Waals surface area contributed by atoms with E-state index in [1.54, 1.807) is 6.07 Å². The molecular weight excluding hydrogens is 329 g/mol. The van der Waals surface area contributed by atoms with Crippen molar-refractivity contribution in [2.75, 3.05) is 13.1 Å². The number of halogens is 2. The smallest absolute Gasteiger partial charge is 0.140 e. The van der Waals surface area contributed by atoms with Crippen molar-refractivity contribution >= 4 is 15.9 Å². The summed E-state index contributed by atoms with van der Waals surface area (Å²) in [6.45, 7) is 8.71. The largest absolute Gasteiger partial charge is 0.317 e. The van der Waals surface area contributed by atoms with Crippen LogP contribution in [-0.2, 0) is 0 Å². The molecule has 0 aliphatic heterocycles. The highest BCUT2D eigenvalue weighted by Crippen LogP contribution is 2.44. The van der Waals surface area contributed by atoms with Gasteiger partial charge < -0.3 is 5.32 Å². The fraction of sp³-hybridized carbons (Fsp3) is 0.667. The van der Waals surface area contributed by atoms with Gasteiger partial charge in [0.15, 0.2) is 0 Å². The first-order chi connectivity index (χ1) is 10.0. The molecular formula is C18H27BrFN. The molecule has 1 saturated carbocycles. The Kier molecular flexibility index (Phi) is 6.24. The van der Waals surface area contributed by atoms with Gasteiger partial charge in [0, 0.05) is 0 Å². The minimum absolute atomic E-state index is 0.0617. The van der Waals surface area contributed by atoms with E-state index in [-0.39, 0.29) is 5.82 Å². The van der Waals surface area contributed by atoms with Gasteiger partial charge >= 0.3 is 0 Å². The quantitative estimate of drug-likeness (QED) is 0.750. The summed E-state index contributed by atoms with van der Waals surface area (Å²) in [5.41, 5.74) is 0.901. The molecule has 118 valence electrons. The molecule has 3 unspecified atom stereocenters. The second-order valence-corrected chi connectivity index (χ2v) is 7.49. The second kappa shape index (κ2) is 7.73. The lowest BCUT2D eigenvalue weighted by molar-refractivity contribution is 0.188. The van der Waals surface area contributed by atoms with E-state index in [0.29, 0.717) is 28.1 Å². The van der Waals surface area contributed by atoms with Gasteiger partial charge in [0.05, 0.1) is 4.47 Å². The Morgan fingerprint density at radius 1 is 1.33 bits per heavy atom. The molecule has 0 saturated heterocycles. The van der Waals surface area contributed by atoms with Crippen molar-refractivity contribution in [2.45, 2.75) is 46.0 Å². The van der Waals surface area contributed by atoms with Gasteiger partial charge in [-0.3, -0.25) is 0 Å². The molecule has 0 bridgehead atoms. The lowest BCUT2D eigenvalue weighted by Crippen LogP contribution is -2.33. The van der Waals surface area contributed by atoms with Crippen LogP contribution in [0.2, 0.25) is 0 Å². The first kappa shape index (κ1) is 17.0. The molecule has 3 atom stereocenters. The van der Waals surface area contributed by atoms with E-state index < -0.39 is 0 Å². The summed E-state index contributed by atoms with van der Waals surface area (Å²) in [6, 6.07) is 5.74. The van der Waals surface area contributed by atoms with E-state index in [4.69, 9.17) is 0 Å². The summed E-state index contributed by atoms with van der Waals surface area (Å²) < 4.78 is 15.1. The predicted octanol–water partition coefficient (Wildman–Crippen LogP) is 5.35. The Labute approximate surface area is 136 Å². The first-order valence-corrected chi connectivity index (χ1v) is 8.98. The number of hydrogen-bond donors (Lipinski definition) is 1. The van der Waals surface area contributed by atoms with E-state index in [1.165, 1.54) is 12.8 Å². The van der Waals surface area contributed by atoms with Crippen molar-refractivity contribution in [1.82, 2.24) is 5.32 Å². The number of nitrogens with one attached hydrogen (secondary N) is 1.